The van der Waals surface area contributed by atoms with Gasteiger partial charge in [-0.3, -0.25) is 0 Å². The second-order valence-electron chi connectivity index (χ2n) is 4.54. The molecule has 0 bridgehead atoms. The van der Waals surface area contributed by atoms with E-state index in [0.717, 1.165) is 12.8 Å². The predicted octanol–water partition coefficient (Wildman–Crippen LogP) is 1.08. The molecule has 1 aliphatic rings. The Morgan fingerprint density at radius 3 is 2.82 bits per heavy atom. The lowest BCUT2D eigenvalue weighted by molar-refractivity contribution is 0.280. The van der Waals surface area contributed by atoms with Crippen LogP contribution in [0.1, 0.15) is 19.8 Å². The molecule has 1 fully saturated rings. The highest BCUT2D eigenvalue weighted by molar-refractivity contribution is 7.89. The number of pyridine rings is 1. The Bertz CT molecular complexity index is 484. The van der Waals surface area contributed by atoms with E-state index in [2.05, 4.69) is 11.9 Å². The summed E-state index contributed by atoms with van der Waals surface area (Å²) >= 11 is 0. The predicted molar refractivity (Wildman–Crippen MR) is 65.8 cm³/mol. The van der Waals surface area contributed by atoms with Crippen molar-refractivity contribution in [1.29, 1.82) is 0 Å². The van der Waals surface area contributed by atoms with Gasteiger partial charge in [-0.25, -0.2) is 13.4 Å². The average molecular weight is 255 g/mol. The van der Waals surface area contributed by atoms with Crippen molar-refractivity contribution in [3.63, 3.8) is 0 Å². The van der Waals surface area contributed by atoms with Crippen LogP contribution in [0.2, 0.25) is 0 Å². The molecule has 5 nitrogen and oxygen atoms in total. The maximum Gasteiger partial charge on any atom is 0.260 e. The second kappa shape index (κ2) is 4.62. The van der Waals surface area contributed by atoms with Crippen LogP contribution in [0.4, 0.5) is 5.69 Å². The highest BCUT2D eigenvalue weighted by atomic mass is 32.2. The van der Waals surface area contributed by atoms with Crippen molar-refractivity contribution < 1.29 is 8.42 Å². The molecular formula is C11H17N3O2S. The molecule has 0 saturated carbocycles. The first-order valence-electron chi connectivity index (χ1n) is 5.72. The molecule has 0 amide bonds. The minimum atomic E-state index is -3.45. The number of nitrogens with zero attached hydrogens (tertiary/aromatic N) is 2. The molecule has 0 aromatic carbocycles. The first-order valence-corrected chi connectivity index (χ1v) is 7.16. The molecule has 0 spiro atoms. The molecule has 6 heteroatoms. The van der Waals surface area contributed by atoms with Crippen molar-refractivity contribution in [2.24, 2.45) is 5.92 Å². The van der Waals surface area contributed by atoms with Gasteiger partial charge in [-0.1, -0.05) is 6.92 Å². The topological polar surface area (TPSA) is 76.3 Å². The van der Waals surface area contributed by atoms with Crippen molar-refractivity contribution in [3.8, 4) is 0 Å². The Hall–Kier alpha value is -1.14. The van der Waals surface area contributed by atoms with E-state index in [9.17, 15) is 8.42 Å². The largest absolute Gasteiger partial charge is 0.397 e. The molecule has 1 unspecified atom stereocenters. The van der Waals surface area contributed by atoms with E-state index in [1.807, 2.05) is 0 Å². The van der Waals surface area contributed by atoms with Crippen LogP contribution in [0, 0.1) is 5.92 Å². The molecule has 17 heavy (non-hydrogen) atoms. The summed E-state index contributed by atoms with van der Waals surface area (Å²) in [5, 5.41) is 0.0841. The van der Waals surface area contributed by atoms with Gasteiger partial charge in [0.25, 0.3) is 10.0 Å². The van der Waals surface area contributed by atoms with Gasteiger partial charge in [0.05, 0.1) is 11.9 Å². The lowest BCUT2D eigenvalue weighted by Crippen LogP contribution is -2.39. The fraction of sp³-hybridized carbons (Fsp3) is 0.545. The first kappa shape index (κ1) is 12.3. The van der Waals surface area contributed by atoms with Crippen molar-refractivity contribution in [2.75, 3.05) is 18.8 Å². The fourth-order valence-electron chi connectivity index (χ4n) is 2.04. The summed E-state index contributed by atoms with van der Waals surface area (Å²) in [6.45, 7) is 3.23. The van der Waals surface area contributed by atoms with E-state index < -0.39 is 10.0 Å². The van der Waals surface area contributed by atoms with Gasteiger partial charge < -0.3 is 5.73 Å². The molecule has 0 aliphatic carbocycles. The summed E-state index contributed by atoms with van der Waals surface area (Å²) < 4.78 is 26.0. The molecule has 1 atom stereocenters. The highest BCUT2D eigenvalue weighted by Gasteiger charge is 2.29. The lowest BCUT2D eigenvalue weighted by Gasteiger charge is -2.29. The summed E-state index contributed by atoms with van der Waals surface area (Å²) in [6, 6.07) is 3.02. The Labute approximate surface area is 102 Å². The number of rotatable bonds is 2. The number of anilines is 1. The zero-order valence-corrected chi connectivity index (χ0v) is 10.7. The molecule has 2 N–H and O–H groups in total. The summed E-state index contributed by atoms with van der Waals surface area (Å²) in [5.74, 6) is 0.410. The number of nitrogen functional groups attached to an aromatic ring is 1. The van der Waals surface area contributed by atoms with E-state index in [1.54, 1.807) is 6.07 Å². The summed E-state index contributed by atoms with van der Waals surface area (Å²) in [4.78, 5) is 3.90. The molecular weight excluding hydrogens is 238 g/mol. The first-order chi connectivity index (χ1) is 8.00. The van der Waals surface area contributed by atoms with Crippen LogP contribution < -0.4 is 5.73 Å². The van der Waals surface area contributed by atoms with Gasteiger partial charge >= 0.3 is 0 Å². The minimum absolute atomic E-state index is 0.0841. The van der Waals surface area contributed by atoms with Crippen LogP contribution in [0.5, 0.6) is 0 Å². The zero-order valence-electron chi connectivity index (χ0n) is 9.83. The number of hydrogen-bond acceptors (Lipinski definition) is 4. The van der Waals surface area contributed by atoms with E-state index in [-0.39, 0.29) is 5.03 Å². The van der Waals surface area contributed by atoms with Crippen LogP contribution in [0.15, 0.2) is 23.4 Å². The van der Waals surface area contributed by atoms with Crippen molar-refractivity contribution in [1.82, 2.24) is 9.29 Å². The van der Waals surface area contributed by atoms with E-state index >= 15 is 0 Å². The Morgan fingerprint density at radius 2 is 2.24 bits per heavy atom. The number of nitrogens with two attached hydrogens (primary N) is 1. The Balaban J connectivity index is 2.26. The maximum absolute atomic E-state index is 12.3. The second-order valence-corrected chi connectivity index (χ2v) is 6.43. The molecule has 1 saturated heterocycles. The molecule has 0 radical (unpaired) electrons. The van der Waals surface area contributed by atoms with E-state index in [0.29, 0.717) is 24.7 Å². The van der Waals surface area contributed by atoms with Crippen LogP contribution in [0.3, 0.4) is 0 Å². The molecule has 94 valence electrons. The van der Waals surface area contributed by atoms with Crippen molar-refractivity contribution in [2.45, 2.75) is 24.8 Å². The normalized spacial score (nSPS) is 22.5. The monoisotopic (exact) mass is 255 g/mol. The fourth-order valence-corrected chi connectivity index (χ4v) is 3.55. The minimum Gasteiger partial charge on any atom is -0.397 e. The number of hydrogen-bond donors (Lipinski definition) is 1. The van der Waals surface area contributed by atoms with Crippen LogP contribution >= 0.6 is 0 Å². The van der Waals surface area contributed by atoms with Gasteiger partial charge in [0.2, 0.25) is 0 Å². The van der Waals surface area contributed by atoms with Gasteiger partial charge in [0.1, 0.15) is 0 Å². The third-order valence-corrected chi connectivity index (χ3v) is 4.76. The molecule has 1 aromatic rings. The Morgan fingerprint density at radius 1 is 1.47 bits per heavy atom. The van der Waals surface area contributed by atoms with Gasteiger partial charge in [-0.2, -0.15) is 4.31 Å². The number of piperidine rings is 1. The Kier molecular flexibility index (Phi) is 3.35. The van der Waals surface area contributed by atoms with E-state index in [4.69, 9.17) is 5.73 Å². The van der Waals surface area contributed by atoms with Gasteiger partial charge in [0.15, 0.2) is 5.03 Å². The zero-order chi connectivity index (χ0) is 12.5. The molecule has 1 aliphatic heterocycles. The standard InChI is InChI=1S/C11H17N3O2S/c1-9-3-2-6-14(8-9)17(15,16)11-5-4-10(12)7-13-11/h4-5,7,9H,2-3,6,8,12H2,1H3. The summed E-state index contributed by atoms with van der Waals surface area (Å²) in [7, 11) is -3.45. The average Bonchev–Trinajstić information content (AvgIpc) is 2.29. The van der Waals surface area contributed by atoms with Crippen LogP contribution in [0.25, 0.3) is 0 Å². The SMILES string of the molecule is CC1CCCN(S(=O)(=O)c2ccc(N)cn2)C1. The third-order valence-electron chi connectivity index (χ3n) is 2.98. The van der Waals surface area contributed by atoms with Gasteiger partial charge in [0, 0.05) is 13.1 Å². The smallest absolute Gasteiger partial charge is 0.260 e. The van der Waals surface area contributed by atoms with Crippen LogP contribution in [-0.4, -0.2) is 30.8 Å². The molecule has 2 heterocycles. The summed E-state index contributed by atoms with van der Waals surface area (Å²) in [5.41, 5.74) is 5.97. The van der Waals surface area contributed by atoms with Crippen molar-refractivity contribution >= 4 is 15.7 Å². The lowest BCUT2D eigenvalue weighted by atomic mass is 10.0. The molecule has 1 aromatic heterocycles. The molecule has 2 rings (SSSR count). The summed E-state index contributed by atoms with van der Waals surface area (Å²) in [6.07, 6.45) is 3.37. The van der Waals surface area contributed by atoms with Crippen molar-refractivity contribution in [3.05, 3.63) is 18.3 Å². The number of sulfonamides is 1. The maximum atomic E-state index is 12.3. The highest BCUT2D eigenvalue weighted by Crippen LogP contribution is 2.22. The number of aromatic nitrogens is 1. The quantitative estimate of drug-likeness (QED) is 0.858. The van der Waals surface area contributed by atoms with Crippen LogP contribution in [-0.2, 0) is 10.0 Å². The van der Waals surface area contributed by atoms with Gasteiger partial charge in [-0.15, -0.1) is 0 Å². The third kappa shape index (κ3) is 2.58. The van der Waals surface area contributed by atoms with E-state index in [1.165, 1.54) is 16.6 Å². The van der Waals surface area contributed by atoms with Gasteiger partial charge in [-0.05, 0) is 30.9 Å².